The van der Waals surface area contributed by atoms with Gasteiger partial charge in [-0.15, -0.1) is 0 Å². The molecule has 2 N–H and O–H groups in total. The highest BCUT2D eigenvalue weighted by Gasteiger charge is 2.24. The standard InChI is InChI=1S/C21H22N4O3.C21H20N4O2/c1-13-6-5-7-15(24-13)10-16(20(27)28-21(2,3)4)14-8-9-18-23-11-17(19(22)26)25(18)12-14;1-14-6-5-7-16(24-14)10-18(20(26)27-21(2,3)4)15-8-9-19-23-12-17(11-22)25(19)13-15/h5-12H,1-4H3,(H2,22,26);5-10,12-13H,1-4H3/b16-10+;18-10+. The van der Waals surface area contributed by atoms with Gasteiger partial charge in [-0.2, -0.15) is 5.26 Å². The van der Waals surface area contributed by atoms with Crippen LogP contribution in [0.1, 0.15) is 91.6 Å². The summed E-state index contributed by atoms with van der Waals surface area (Å²) in [5, 5.41) is 9.25. The van der Waals surface area contributed by atoms with Crippen LogP contribution in [0.3, 0.4) is 0 Å². The van der Waals surface area contributed by atoms with Gasteiger partial charge in [0.05, 0.1) is 34.9 Å². The first-order valence-corrected chi connectivity index (χ1v) is 17.3. The van der Waals surface area contributed by atoms with Gasteiger partial charge in [-0.05, 0) is 116 Å². The number of nitrogens with zero attached hydrogens (tertiary/aromatic N) is 7. The number of imidazole rings is 2. The molecule has 0 radical (unpaired) electrons. The number of carbonyl (C=O) groups excluding carboxylic acids is 3. The maximum atomic E-state index is 12.9. The molecule has 0 aliphatic carbocycles. The zero-order valence-corrected chi connectivity index (χ0v) is 32.0. The summed E-state index contributed by atoms with van der Waals surface area (Å²) in [4.78, 5) is 54.7. The fourth-order valence-electron chi connectivity index (χ4n) is 5.32. The van der Waals surface area contributed by atoms with Crippen LogP contribution in [-0.4, -0.2) is 57.8 Å². The first-order chi connectivity index (χ1) is 25.9. The third-order valence-corrected chi connectivity index (χ3v) is 7.64. The van der Waals surface area contributed by atoms with Crippen molar-refractivity contribution >= 4 is 52.4 Å². The number of pyridine rings is 4. The maximum absolute atomic E-state index is 12.9. The Morgan fingerprint density at radius 3 is 1.58 bits per heavy atom. The van der Waals surface area contributed by atoms with E-state index in [4.69, 9.17) is 15.2 Å². The number of nitrogens with two attached hydrogens (primary N) is 1. The predicted molar refractivity (Wildman–Crippen MR) is 209 cm³/mol. The third kappa shape index (κ3) is 10.1. The monoisotopic (exact) mass is 738 g/mol. The van der Waals surface area contributed by atoms with E-state index >= 15 is 0 Å². The van der Waals surface area contributed by atoms with Crippen molar-refractivity contribution in [3.63, 3.8) is 0 Å². The van der Waals surface area contributed by atoms with Crippen LogP contribution in [0.25, 0.3) is 34.6 Å². The Balaban J connectivity index is 0.000000211. The molecule has 0 saturated heterocycles. The number of aromatic nitrogens is 6. The lowest BCUT2D eigenvalue weighted by Crippen LogP contribution is -2.24. The molecule has 13 nitrogen and oxygen atoms in total. The molecule has 13 heteroatoms. The van der Waals surface area contributed by atoms with Gasteiger partial charge in [0.25, 0.3) is 5.91 Å². The van der Waals surface area contributed by atoms with E-state index in [0.29, 0.717) is 50.6 Å². The van der Waals surface area contributed by atoms with Crippen molar-refractivity contribution in [2.75, 3.05) is 0 Å². The third-order valence-electron chi connectivity index (χ3n) is 7.64. The number of hydrogen-bond acceptors (Lipinski definition) is 10. The minimum atomic E-state index is -0.659. The van der Waals surface area contributed by atoms with E-state index in [1.165, 1.54) is 12.4 Å². The largest absolute Gasteiger partial charge is 0.456 e. The smallest absolute Gasteiger partial charge is 0.339 e. The number of esters is 2. The second-order valence-electron chi connectivity index (χ2n) is 14.6. The Kier molecular flexibility index (Phi) is 11.4. The van der Waals surface area contributed by atoms with Gasteiger partial charge in [0, 0.05) is 34.9 Å². The van der Waals surface area contributed by atoms with Gasteiger partial charge in [-0.25, -0.2) is 19.6 Å². The van der Waals surface area contributed by atoms with E-state index < -0.39 is 29.0 Å². The minimum absolute atomic E-state index is 0.231. The molecule has 6 rings (SSSR count). The molecule has 0 atom stereocenters. The van der Waals surface area contributed by atoms with Crippen molar-refractivity contribution in [3.8, 4) is 6.07 Å². The van der Waals surface area contributed by atoms with Crippen molar-refractivity contribution in [2.24, 2.45) is 5.73 Å². The lowest BCUT2D eigenvalue weighted by atomic mass is 10.1. The van der Waals surface area contributed by atoms with E-state index in [1.807, 2.05) is 71.0 Å². The molecule has 0 unspecified atom stereocenters. The molecular weight excluding hydrogens is 697 g/mol. The Morgan fingerprint density at radius 1 is 0.691 bits per heavy atom. The number of hydrogen-bond donors (Lipinski definition) is 1. The van der Waals surface area contributed by atoms with Crippen molar-refractivity contribution in [1.29, 1.82) is 5.26 Å². The van der Waals surface area contributed by atoms with Gasteiger partial charge in [0.2, 0.25) is 0 Å². The first kappa shape index (κ1) is 39.3. The van der Waals surface area contributed by atoms with Gasteiger partial charge in [-0.1, -0.05) is 12.1 Å². The van der Waals surface area contributed by atoms with Gasteiger partial charge in [0.15, 0.2) is 0 Å². The van der Waals surface area contributed by atoms with Crippen LogP contribution in [-0.2, 0) is 19.1 Å². The maximum Gasteiger partial charge on any atom is 0.339 e. The number of aryl methyl sites for hydroxylation is 2. The summed E-state index contributed by atoms with van der Waals surface area (Å²) < 4.78 is 14.4. The SMILES string of the molecule is Cc1cccc(/C=C(/C(=O)OC(C)(C)C)c2ccc3ncc(C#N)n3c2)n1.Cc1cccc(/C=C(/C(=O)OC(C)(C)C)c2ccc3ncc(C(N)=O)n3c2)n1. The molecule has 0 saturated carbocycles. The molecule has 1 amide bonds. The molecule has 0 aliphatic rings. The molecule has 0 aromatic carbocycles. The fourth-order valence-corrected chi connectivity index (χ4v) is 5.32. The highest BCUT2D eigenvalue weighted by Crippen LogP contribution is 2.25. The average molecular weight is 739 g/mol. The van der Waals surface area contributed by atoms with E-state index in [1.54, 1.807) is 78.4 Å². The molecule has 0 bridgehead atoms. The van der Waals surface area contributed by atoms with E-state index in [9.17, 15) is 19.6 Å². The van der Waals surface area contributed by atoms with Crippen LogP contribution in [0.2, 0.25) is 0 Å². The molecule has 280 valence electrons. The molecular formula is C42H42N8O5. The van der Waals surface area contributed by atoms with Crippen molar-refractivity contribution in [1.82, 2.24) is 28.7 Å². The number of amides is 1. The highest BCUT2D eigenvalue weighted by atomic mass is 16.6. The van der Waals surface area contributed by atoms with E-state index in [0.717, 1.165) is 11.4 Å². The molecule has 6 aromatic heterocycles. The van der Waals surface area contributed by atoms with Gasteiger partial charge in [-0.3, -0.25) is 23.6 Å². The quantitative estimate of drug-likeness (QED) is 0.135. The molecule has 0 fully saturated rings. The number of nitriles is 1. The van der Waals surface area contributed by atoms with Gasteiger partial charge >= 0.3 is 11.9 Å². The van der Waals surface area contributed by atoms with Gasteiger partial charge in [0.1, 0.15) is 40.0 Å². The summed E-state index contributed by atoms with van der Waals surface area (Å²) in [6, 6.07) is 20.3. The van der Waals surface area contributed by atoms with Crippen LogP contribution in [0.4, 0.5) is 0 Å². The summed E-state index contributed by atoms with van der Waals surface area (Å²) in [5.74, 6) is -1.55. The molecule has 6 aromatic rings. The van der Waals surface area contributed by atoms with Crippen molar-refractivity contribution < 1.29 is 23.9 Å². The van der Waals surface area contributed by atoms with E-state index in [-0.39, 0.29) is 5.69 Å². The first-order valence-electron chi connectivity index (χ1n) is 17.3. The predicted octanol–water partition coefficient (Wildman–Crippen LogP) is 6.81. The summed E-state index contributed by atoms with van der Waals surface area (Å²) in [6.07, 6.45) is 9.63. The number of primary amides is 1. The van der Waals surface area contributed by atoms with Crippen LogP contribution in [0.15, 0.2) is 85.5 Å². The second kappa shape index (κ2) is 16.0. The summed E-state index contributed by atoms with van der Waals surface area (Å²) in [6.45, 7) is 14.6. The second-order valence-corrected chi connectivity index (χ2v) is 14.6. The fraction of sp³-hybridized carbons (Fsp3) is 0.238. The van der Waals surface area contributed by atoms with Gasteiger partial charge < -0.3 is 15.2 Å². The molecule has 0 aliphatic heterocycles. The van der Waals surface area contributed by atoms with Crippen molar-refractivity contribution in [3.05, 3.63) is 131 Å². The lowest BCUT2D eigenvalue weighted by Gasteiger charge is -2.21. The number of carbonyl (C=O) groups is 3. The van der Waals surface area contributed by atoms with Crippen molar-refractivity contribution in [2.45, 2.75) is 66.6 Å². The number of fused-ring (bicyclic) bond motifs is 2. The Labute approximate surface area is 318 Å². The van der Waals surface area contributed by atoms with E-state index in [2.05, 4.69) is 26.0 Å². The molecule has 6 heterocycles. The van der Waals surface area contributed by atoms with Crippen LogP contribution in [0, 0.1) is 25.2 Å². The van der Waals surface area contributed by atoms with Crippen LogP contribution < -0.4 is 5.73 Å². The number of rotatable bonds is 7. The Morgan fingerprint density at radius 2 is 1.15 bits per heavy atom. The minimum Gasteiger partial charge on any atom is -0.456 e. The average Bonchev–Trinajstić information content (AvgIpc) is 3.72. The van der Waals surface area contributed by atoms with Crippen LogP contribution in [0.5, 0.6) is 0 Å². The highest BCUT2D eigenvalue weighted by molar-refractivity contribution is 6.22. The lowest BCUT2D eigenvalue weighted by molar-refractivity contribution is -0.148. The molecule has 0 spiro atoms. The number of ether oxygens (including phenoxy) is 2. The normalized spacial score (nSPS) is 12.1. The summed E-state index contributed by atoms with van der Waals surface area (Å²) in [7, 11) is 0. The topological polar surface area (TPSA) is 180 Å². The molecule has 55 heavy (non-hydrogen) atoms. The Hall–Kier alpha value is -6.94. The zero-order valence-electron chi connectivity index (χ0n) is 32.0. The zero-order chi connectivity index (χ0) is 40.1. The Bertz CT molecular complexity index is 2520. The van der Waals surface area contributed by atoms with Crippen LogP contribution >= 0.6 is 0 Å². The summed E-state index contributed by atoms with van der Waals surface area (Å²) >= 11 is 0. The summed E-state index contributed by atoms with van der Waals surface area (Å²) in [5.41, 5.74) is 10.8.